The number of carbonyl (C=O) groups is 1. The van der Waals surface area contributed by atoms with E-state index in [0.717, 1.165) is 23.2 Å². The molecule has 4 nitrogen and oxygen atoms in total. The number of rotatable bonds is 12. The minimum Gasteiger partial charge on any atom is -0.269 e. The molecule has 134 valence electrons. The first-order valence-electron chi connectivity index (χ1n) is 8.78. The summed E-state index contributed by atoms with van der Waals surface area (Å²) >= 11 is 0. The van der Waals surface area contributed by atoms with Crippen molar-refractivity contribution in [2.24, 2.45) is 0 Å². The number of hydrogen-bond donors (Lipinski definition) is 0. The SMILES string of the molecule is C=CC(=O)N(CCCCCCCCCC)S(=O)(=O)c1ccccc1. The molecule has 1 aromatic rings. The van der Waals surface area contributed by atoms with Gasteiger partial charge in [-0.1, -0.05) is 76.6 Å². The smallest absolute Gasteiger partial charge is 0.266 e. The number of sulfonamides is 1. The lowest BCUT2D eigenvalue weighted by atomic mass is 10.1. The van der Waals surface area contributed by atoms with Gasteiger partial charge in [-0.15, -0.1) is 0 Å². The van der Waals surface area contributed by atoms with Crippen molar-refractivity contribution in [2.75, 3.05) is 6.54 Å². The molecule has 0 heterocycles. The molecule has 5 heteroatoms. The topological polar surface area (TPSA) is 54.5 Å². The zero-order chi connectivity index (χ0) is 17.8. The van der Waals surface area contributed by atoms with Crippen LogP contribution in [-0.2, 0) is 14.8 Å². The number of amides is 1. The fourth-order valence-corrected chi connectivity index (χ4v) is 4.00. The highest BCUT2D eigenvalue weighted by Crippen LogP contribution is 2.17. The first-order chi connectivity index (χ1) is 11.5. The fourth-order valence-electron chi connectivity index (χ4n) is 2.56. The molecule has 1 rings (SSSR count). The number of hydrogen-bond acceptors (Lipinski definition) is 3. The van der Waals surface area contributed by atoms with E-state index in [0.29, 0.717) is 6.42 Å². The van der Waals surface area contributed by atoms with Crippen LogP contribution in [0.4, 0.5) is 0 Å². The number of benzene rings is 1. The Bertz CT molecular complexity index is 596. The van der Waals surface area contributed by atoms with E-state index in [1.807, 2.05) is 0 Å². The molecular weight excluding hydrogens is 322 g/mol. The lowest BCUT2D eigenvalue weighted by molar-refractivity contribution is -0.121. The molecule has 0 radical (unpaired) electrons. The van der Waals surface area contributed by atoms with Crippen molar-refractivity contribution in [3.05, 3.63) is 43.0 Å². The van der Waals surface area contributed by atoms with Crippen LogP contribution in [0.1, 0.15) is 58.3 Å². The maximum Gasteiger partial charge on any atom is 0.266 e. The molecule has 0 saturated heterocycles. The molecular formula is C19H29NO3S. The molecule has 24 heavy (non-hydrogen) atoms. The Hall–Kier alpha value is -1.62. The minimum atomic E-state index is -3.80. The molecule has 0 aliphatic heterocycles. The lowest BCUT2D eigenvalue weighted by Gasteiger charge is -2.21. The van der Waals surface area contributed by atoms with E-state index in [4.69, 9.17) is 0 Å². The van der Waals surface area contributed by atoms with Crippen LogP contribution >= 0.6 is 0 Å². The van der Waals surface area contributed by atoms with E-state index < -0.39 is 15.9 Å². The highest BCUT2D eigenvalue weighted by molar-refractivity contribution is 7.89. The molecule has 0 bridgehead atoms. The van der Waals surface area contributed by atoms with E-state index >= 15 is 0 Å². The molecule has 0 atom stereocenters. The van der Waals surface area contributed by atoms with Crippen molar-refractivity contribution in [1.82, 2.24) is 4.31 Å². The van der Waals surface area contributed by atoms with Gasteiger partial charge in [0, 0.05) is 6.54 Å². The summed E-state index contributed by atoms with van der Waals surface area (Å²) in [5, 5.41) is 0. The van der Waals surface area contributed by atoms with Crippen molar-refractivity contribution in [3.8, 4) is 0 Å². The molecule has 0 aliphatic carbocycles. The van der Waals surface area contributed by atoms with Crippen LogP contribution in [0.2, 0.25) is 0 Å². The number of carbonyl (C=O) groups excluding carboxylic acids is 1. The summed E-state index contributed by atoms with van der Waals surface area (Å²) in [4.78, 5) is 12.1. The highest BCUT2D eigenvalue weighted by atomic mass is 32.2. The molecule has 0 aliphatic rings. The Labute approximate surface area is 146 Å². The molecule has 0 N–H and O–H groups in total. The van der Waals surface area contributed by atoms with Gasteiger partial charge in [-0.25, -0.2) is 12.7 Å². The van der Waals surface area contributed by atoms with Gasteiger partial charge in [0.25, 0.3) is 15.9 Å². The predicted molar refractivity (Wildman–Crippen MR) is 98.1 cm³/mol. The summed E-state index contributed by atoms with van der Waals surface area (Å²) in [5.41, 5.74) is 0. The maximum atomic E-state index is 12.6. The summed E-state index contributed by atoms with van der Waals surface area (Å²) in [5.74, 6) is -0.568. The number of nitrogens with zero attached hydrogens (tertiary/aromatic N) is 1. The van der Waals surface area contributed by atoms with Crippen LogP contribution < -0.4 is 0 Å². The van der Waals surface area contributed by atoms with Crippen LogP contribution in [-0.4, -0.2) is 25.2 Å². The Morgan fingerprint density at radius 2 is 1.54 bits per heavy atom. The van der Waals surface area contributed by atoms with Crippen molar-refractivity contribution < 1.29 is 13.2 Å². The summed E-state index contributed by atoms with van der Waals surface area (Å²) < 4.78 is 26.2. The second kappa shape index (κ2) is 11.0. The molecule has 0 aromatic heterocycles. The zero-order valence-corrected chi connectivity index (χ0v) is 15.4. The van der Waals surface area contributed by atoms with Crippen molar-refractivity contribution in [1.29, 1.82) is 0 Å². The molecule has 0 saturated carbocycles. The van der Waals surface area contributed by atoms with Gasteiger partial charge >= 0.3 is 0 Å². The third kappa shape index (κ3) is 6.48. The Kier molecular flexibility index (Phi) is 9.38. The fraction of sp³-hybridized carbons (Fsp3) is 0.526. The van der Waals surface area contributed by atoms with Crippen LogP contribution in [0.5, 0.6) is 0 Å². The van der Waals surface area contributed by atoms with E-state index in [1.165, 1.54) is 44.2 Å². The average molecular weight is 352 g/mol. The molecule has 1 amide bonds. The Balaban J connectivity index is 2.55. The van der Waals surface area contributed by atoms with Gasteiger partial charge in [-0.2, -0.15) is 0 Å². The van der Waals surface area contributed by atoms with Crippen LogP contribution in [0, 0.1) is 0 Å². The second-order valence-corrected chi connectivity index (χ2v) is 7.77. The van der Waals surface area contributed by atoms with Gasteiger partial charge in [0.2, 0.25) is 0 Å². The van der Waals surface area contributed by atoms with Gasteiger partial charge < -0.3 is 0 Å². The average Bonchev–Trinajstić information content (AvgIpc) is 2.60. The van der Waals surface area contributed by atoms with Gasteiger partial charge in [0.05, 0.1) is 4.90 Å². The molecule has 1 aromatic carbocycles. The Morgan fingerprint density at radius 1 is 1.00 bits per heavy atom. The van der Waals surface area contributed by atoms with Gasteiger partial charge in [0.15, 0.2) is 0 Å². The third-order valence-corrected chi connectivity index (χ3v) is 5.78. The largest absolute Gasteiger partial charge is 0.269 e. The highest BCUT2D eigenvalue weighted by Gasteiger charge is 2.26. The van der Waals surface area contributed by atoms with Crippen molar-refractivity contribution in [3.63, 3.8) is 0 Å². The normalized spacial score (nSPS) is 11.2. The quantitative estimate of drug-likeness (QED) is 0.411. The van der Waals surface area contributed by atoms with Crippen LogP contribution in [0.25, 0.3) is 0 Å². The van der Waals surface area contributed by atoms with E-state index in [1.54, 1.807) is 18.2 Å². The third-order valence-electron chi connectivity index (χ3n) is 3.97. The van der Waals surface area contributed by atoms with Gasteiger partial charge in [0.1, 0.15) is 0 Å². The van der Waals surface area contributed by atoms with Gasteiger partial charge in [-0.05, 0) is 24.6 Å². The van der Waals surface area contributed by atoms with Crippen molar-refractivity contribution >= 4 is 15.9 Å². The summed E-state index contributed by atoms with van der Waals surface area (Å²) in [6.07, 6.45) is 9.91. The number of unbranched alkanes of at least 4 members (excludes halogenated alkanes) is 7. The summed E-state index contributed by atoms with van der Waals surface area (Å²) in [7, 11) is -3.80. The van der Waals surface area contributed by atoms with E-state index in [-0.39, 0.29) is 11.4 Å². The van der Waals surface area contributed by atoms with E-state index in [9.17, 15) is 13.2 Å². The predicted octanol–water partition coefficient (Wildman–Crippen LogP) is 4.53. The van der Waals surface area contributed by atoms with E-state index in [2.05, 4.69) is 13.5 Å². The Morgan fingerprint density at radius 3 is 2.08 bits per heavy atom. The van der Waals surface area contributed by atoms with Crippen LogP contribution in [0.3, 0.4) is 0 Å². The van der Waals surface area contributed by atoms with Crippen LogP contribution in [0.15, 0.2) is 47.9 Å². The first kappa shape index (κ1) is 20.4. The summed E-state index contributed by atoms with van der Waals surface area (Å²) in [6, 6.07) is 8.07. The first-order valence-corrected chi connectivity index (χ1v) is 10.2. The monoisotopic (exact) mass is 351 g/mol. The summed E-state index contributed by atoms with van der Waals surface area (Å²) in [6.45, 7) is 5.82. The molecule has 0 fully saturated rings. The molecule has 0 spiro atoms. The maximum absolute atomic E-state index is 12.6. The van der Waals surface area contributed by atoms with Gasteiger partial charge in [-0.3, -0.25) is 4.79 Å². The lowest BCUT2D eigenvalue weighted by Crippen LogP contribution is -2.36. The minimum absolute atomic E-state index is 0.139. The standard InChI is InChI=1S/C19H29NO3S/c1-3-5-6-7-8-9-10-14-17-20(19(21)4-2)24(22,23)18-15-12-11-13-16-18/h4,11-13,15-16H,2-3,5-10,14,17H2,1H3. The zero-order valence-electron chi connectivity index (χ0n) is 14.6. The second-order valence-electron chi connectivity index (χ2n) is 5.91. The molecule has 0 unspecified atom stereocenters. The van der Waals surface area contributed by atoms with Crippen molar-refractivity contribution in [2.45, 2.75) is 63.2 Å².